The van der Waals surface area contributed by atoms with Gasteiger partial charge in [0.05, 0.1) is 0 Å². The summed E-state index contributed by atoms with van der Waals surface area (Å²) >= 11 is 0. The second-order valence-electron chi connectivity index (χ2n) is 3.15. The first-order valence-electron chi connectivity index (χ1n) is 3.95. The minimum absolute atomic E-state index is 0.0669. The van der Waals surface area contributed by atoms with Crippen LogP contribution in [0.25, 0.3) is 0 Å². The molecule has 1 saturated heterocycles. The number of fused-ring (bicyclic) bond motifs is 1. The molecule has 1 fully saturated rings. The lowest BCUT2D eigenvalue weighted by Crippen LogP contribution is -2.60. The number of carbonyl (C=O) groups is 1. The minimum Gasteiger partial charge on any atom is -0.369 e. The molecule has 2 aliphatic rings. The van der Waals surface area contributed by atoms with Crippen LogP contribution in [0.15, 0.2) is 4.99 Å². The number of nitrogens with two attached hydrogens (primary N) is 1. The highest BCUT2D eigenvalue weighted by molar-refractivity contribution is 5.82. The van der Waals surface area contributed by atoms with E-state index in [1.165, 1.54) is 0 Å². The van der Waals surface area contributed by atoms with Gasteiger partial charge >= 0.3 is 6.03 Å². The summed E-state index contributed by atoms with van der Waals surface area (Å²) in [6.07, 6.45) is -0.386. The Labute approximate surface area is 75.5 Å². The Bertz CT molecular complexity index is 276. The van der Waals surface area contributed by atoms with Crippen molar-refractivity contribution in [3.05, 3.63) is 0 Å². The normalized spacial score (nSPS) is 32.8. The van der Waals surface area contributed by atoms with Gasteiger partial charge in [-0.2, -0.15) is 0 Å². The van der Waals surface area contributed by atoms with Crippen molar-refractivity contribution in [2.24, 2.45) is 10.7 Å². The maximum absolute atomic E-state index is 11.5. The average Bonchev–Trinajstić information content (AvgIpc) is 2.32. The number of hydrogen-bond donors (Lipinski definition) is 3. The zero-order valence-corrected chi connectivity index (χ0v) is 7.48. The van der Waals surface area contributed by atoms with Crippen LogP contribution in [0, 0.1) is 0 Å². The molecule has 0 bridgehead atoms. The number of hydrazine groups is 1. The van der Waals surface area contributed by atoms with E-state index in [9.17, 15) is 4.79 Å². The largest absolute Gasteiger partial charge is 0.369 e. The van der Waals surface area contributed by atoms with E-state index in [1.54, 1.807) is 23.9 Å². The smallest absolute Gasteiger partial charge is 0.322 e. The summed E-state index contributed by atoms with van der Waals surface area (Å²) in [6, 6.07) is -0.0669. The molecule has 2 aliphatic heterocycles. The molecule has 13 heavy (non-hydrogen) atoms. The molecule has 2 amide bonds. The predicted molar refractivity (Wildman–Crippen MR) is 46.4 cm³/mol. The van der Waals surface area contributed by atoms with Crippen molar-refractivity contribution < 1.29 is 4.79 Å². The first kappa shape index (κ1) is 8.11. The van der Waals surface area contributed by atoms with E-state index in [0.717, 1.165) is 0 Å². The van der Waals surface area contributed by atoms with Crippen LogP contribution in [0.5, 0.6) is 0 Å². The molecular formula is C6H12N6O. The van der Waals surface area contributed by atoms with Gasteiger partial charge in [-0.25, -0.2) is 15.2 Å². The molecule has 2 atom stereocenters. The summed E-state index contributed by atoms with van der Waals surface area (Å²) in [6.45, 7) is 0. The van der Waals surface area contributed by atoms with Crippen LogP contribution in [0.4, 0.5) is 4.79 Å². The molecule has 2 heterocycles. The van der Waals surface area contributed by atoms with Gasteiger partial charge in [0.1, 0.15) is 6.17 Å². The first-order valence-corrected chi connectivity index (χ1v) is 3.95. The predicted octanol–water partition coefficient (Wildman–Crippen LogP) is -1.94. The number of carbonyl (C=O) groups excluding carboxylic acids is 1. The zero-order valence-electron chi connectivity index (χ0n) is 7.48. The Kier molecular flexibility index (Phi) is 1.56. The molecule has 0 aliphatic carbocycles. The van der Waals surface area contributed by atoms with Gasteiger partial charge in [0.15, 0.2) is 6.17 Å². The van der Waals surface area contributed by atoms with Crippen LogP contribution in [-0.4, -0.2) is 48.2 Å². The van der Waals surface area contributed by atoms with E-state index in [0.29, 0.717) is 5.96 Å². The third-order valence-corrected chi connectivity index (χ3v) is 2.32. The highest BCUT2D eigenvalue weighted by Crippen LogP contribution is 2.19. The number of nitrogens with zero attached hydrogens (tertiary/aromatic N) is 3. The molecule has 7 heteroatoms. The van der Waals surface area contributed by atoms with E-state index >= 15 is 0 Å². The number of urea groups is 1. The monoisotopic (exact) mass is 184 g/mol. The molecule has 0 radical (unpaired) electrons. The van der Waals surface area contributed by atoms with Crippen molar-refractivity contribution in [3.8, 4) is 0 Å². The number of likely N-dealkylation sites (N-methyl/N-ethyl adjacent to an activating group) is 2. The number of hydrogen-bond acceptors (Lipinski definition) is 5. The molecular weight excluding hydrogens is 172 g/mol. The van der Waals surface area contributed by atoms with Crippen LogP contribution >= 0.6 is 0 Å². The summed E-state index contributed by atoms with van der Waals surface area (Å²) in [5.74, 6) is 0.302. The summed E-state index contributed by atoms with van der Waals surface area (Å²) in [4.78, 5) is 18.7. The van der Waals surface area contributed by atoms with Gasteiger partial charge in [-0.05, 0) is 0 Å². The van der Waals surface area contributed by atoms with Crippen LogP contribution in [0.3, 0.4) is 0 Å². The van der Waals surface area contributed by atoms with E-state index in [2.05, 4.69) is 15.8 Å². The molecule has 0 saturated carbocycles. The van der Waals surface area contributed by atoms with Crippen LogP contribution in [-0.2, 0) is 0 Å². The number of aliphatic imine (C=N–C) groups is 1. The molecule has 72 valence electrons. The topological polar surface area (TPSA) is 86.0 Å². The summed E-state index contributed by atoms with van der Waals surface area (Å²) in [5, 5.41) is 0. The van der Waals surface area contributed by atoms with Crippen molar-refractivity contribution in [1.29, 1.82) is 0 Å². The van der Waals surface area contributed by atoms with E-state index in [-0.39, 0.29) is 18.4 Å². The summed E-state index contributed by atoms with van der Waals surface area (Å²) in [7, 11) is 3.42. The lowest BCUT2D eigenvalue weighted by atomic mass is 10.4. The van der Waals surface area contributed by atoms with E-state index < -0.39 is 0 Å². The lowest BCUT2D eigenvalue weighted by molar-refractivity contribution is 0.196. The lowest BCUT2D eigenvalue weighted by Gasteiger charge is -2.28. The van der Waals surface area contributed by atoms with Crippen molar-refractivity contribution >= 4 is 12.0 Å². The molecule has 0 spiro atoms. The number of amides is 2. The van der Waals surface area contributed by atoms with E-state index in [1.807, 2.05) is 0 Å². The highest BCUT2D eigenvalue weighted by atomic mass is 16.2. The molecule has 0 aromatic heterocycles. The second-order valence-corrected chi connectivity index (χ2v) is 3.15. The number of nitrogens with one attached hydrogen (secondary N) is 2. The van der Waals surface area contributed by atoms with Crippen molar-refractivity contribution in [1.82, 2.24) is 20.7 Å². The van der Waals surface area contributed by atoms with Crippen molar-refractivity contribution in [3.63, 3.8) is 0 Å². The zero-order chi connectivity index (χ0) is 9.59. The summed E-state index contributed by atoms with van der Waals surface area (Å²) < 4.78 is 0. The SMILES string of the molecule is CN1C(=O)N(C)[C@H]2NNC(N)=N[C@H]21. The molecule has 2 rings (SSSR count). The van der Waals surface area contributed by atoms with Gasteiger partial charge in [0.25, 0.3) is 0 Å². The Hall–Kier alpha value is -1.50. The van der Waals surface area contributed by atoms with E-state index in [4.69, 9.17) is 5.73 Å². The maximum atomic E-state index is 11.5. The van der Waals surface area contributed by atoms with Gasteiger partial charge < -0.3 is 15.5 Å². The average molecular weight is 184 g/mol. The molecule has 0 aromatic carbocycles. The van der Waals surface area contributed by atoms with Crippen molar-refractivity contribution in [2.45, 2.75) is 12.3 Å². The molecule has 4 N–H and O–H groups in total. The third kappa shape index (κ3) is 1.00. The summed E-state index contributed by atoms with van der Waals surface area (Å²) in [5.41, 5.74) is 11.0. The Morgan fingerprint density at radius 1 is 1.46 bits per heavy atom. The molecule has 0 unspecified atom stereocenters. The molecule has 7 nitrogen and oxygen atoms in total. The Morgan fingerprint density at radius 3 is 2.85 bits per heavy atom. The fraction of sp³-hybridized carbons (Fsp3) is 0.667. The van der Waals surface area contributed by atoms with Gasteiger partial charge in [0.2, 0.25) is 5.96 Å². The highest BCUT2D eigenvalue weighted by Gasteiger charge is 2.43. The quantitative estimate of drug-likeness (QED) is 0.409. The minimum atomic E-state index is -0.237. The standard InChI is InChI=1S/C6H12N6O/c1-11-3-4(12(2)6(11)13)9-10-5(7)8-3/h3-4,9H,1-2H3,(H3,7,8,10)/t3-,4+/m0/s1. The molecule has 0 aromatic rings. The van der Waals surface area contributed by atoms with Crippen molar-refractivity contribution in [2.75, 3.05) is 14.1 Å². The Morgan fingerprint density at radius 2 is 2.15 bits per heavy atom. The van der Waals surface area contributed by atoms with Crippen LogP contribution in [0.1, 0.15) is 0 Å². The fourth-order valence-corrected chi connectivity index (χ4v) is 1.54. The van der Waals surface area contributed by atoms with Gasteiger partial charge in [-0.3, -0.25) is 5.43 Å². The Balaban J connectivity index is 2.30. The van der Waals surface area contributed by atoms with Crippen LogP contribution < -0.4 is 16.6 Å². The first-order chi connectivity index (χ1) is 6.11. The fourth-order valence-electron chi connectivity index (χ4n) is 1.54. The van der Waals surface area contributed by atoms with Crippen LogP contribution in [0.2, 0.25) is 0 Å². The third-order valence-electron chi connectivity index (χ3n) is 2.32. The van der Waals surface area contributed by atoms with Gasteiger partial charge in [-0.15, -0.1) is 0 Å². The maximum Gasteiger partial charge on any atom is 0.322 e. The second kappa shape index (κ2) is 2.49. The van der Waals surface area contributed by atoms with Gasteiger partial charge in [0, 0.05) is 14.1 Å². The van der Waals surface area contributed by atoms with Gasteiger partial charge in [-0.1, -0.05) is 0 Å². The number of guanidine groups is 1. The number of rotatable bonds is 0.